The minimum absolute atomic E-state index is 0.188. The van der Waals surface area contributed by atoms with E-state index in [1.807, 2.05) is 30.3 Å². The molecule has 4 rings (SSSR count). The molecule has 2 heterocycles. The van der Waals surface area contributed by atoms with Crippen molar-refractivity contribution in [1.82, 2.24) is 15.6 Å². The molecule has 0 radical (unpaired) electrons. The maximum Gasteiger partial charge on any atom is 0.255 e. The van der Waals surface area contributed by atoms with Gasteiger partial charge in [-0.1, -0.05) is 30.3 Å². The predicted molar refractivity (Wildman–Crippen MR) is 120 cm³/mol. The lowest BCUT2D eigenvalue weighted by molar-refractivity contribution is 0.0935. The third-order valence-corrected chi connectivity index (χ3v) is 5.05. The van der Waals surface area contributed by atoms with E-state index in [1.54, 1.807) is 36.4 Å². The fraction of sp³-hybridized carbons (Fsp3) is 0.240. The topological polar surface area (TPSA) is 89.6 Å². The normalized spacial score (nSPS) is 15.2. The summed E-state index contributed by atoms with van der Waals surface area (Å²) >= 11 is 0. The molecule has 164 valence electrons. The minimum atomic E-state index is -0.188. The number of carbonyl (C=O) groups excluding carboxylic acids is 2. The second-order valence-corrected chi connectivity index (χ2v) is 7.41. The second-order valence-electron chi connectivity index (χ2n) is 7.41. The van der Waals surface area contributed by atoms with Crippen LogP contribution in [-0.4, -0.2) is 29.9 Å². The fourth-order valence-corrected chi connectivity index (χ4v) is 3.40. The molecular formula is C25H25N3O4. The van der Waals surface area contributed by atoms with Crippen LogP contribution in [0.5, 0.6) is 11.5 Å². The summed E-state index contributed by atoms with van der Waals surface area (Å²) in [4.78, 5) is 29.8. The first kappa shape index (κ1) is 21.4. The maximum atomic E-state index is 12.6. The summed E-state index contributed by atoms with van der Waals surface area (Å²) in [6, 6.07) is 19.9. The quantitative estimate of drug-likeness (QED) is 0.569. The lowest BCUT2D eigenvalue weighted by atomic mass is 10.1. The van der Waals surface area contributed by atoms with E-state index in [4.69, 9.17) is 9.47 Å². The lowest BCUT2D eigenvalue weighted by Crippen LogP contribution is -2.27. The Bertz CT molecular complexity index is 1020. The van der Waals surface area contributed by atoms with Crippen LogP contribution in [0.25, 0.3) is 0 Å². The van der Waals surface area contributed by atoms with Crippen molar-refractivity contribution in [1.29, 1.82) is 0 Å². The molecule has 0 saturated carbocycles. The minimum Gasteiger partial charge on any atom is -0.486 e. The standard InChI is InChI=1S/C25H25N3O4/c29-24-20-10-1-3-12-22(20)31-16-18-8-7-9-19(28-18)17-32-23-13-4-2-11-21(23)25(30)27-15-6-5-14-26-24/h1-4,7-13H,5-6,14-17H2,(H,26,29)(H,27,30). The fourth-order valence-electron chi connectivity index (χ4n) is 3.40. The number of carbonyl (C=O) groups is 2. The number of pyridine rings is 1. The SMILES string of the molecule is O=C1NCCCCNC(=O)c2ccccc2OCc2cccc(n2)COc2ccccc21. The van der Waals surface area contributed by atoms with Crippen LogP contribution in [0.1, 0.15) is 44.9 Å². The average Bonchev–Trinajstić information content (AvgIpc) is 2.83. The zero-order valence-corrected chi connectivity index (χ0v) is 17.7. The Morgan fingerprint density at radius 2 is 1.09 bits per heavy atom. The van der Waals surface area contributed by atoms with Gasteiger partial charge in [-0.25, -0.2) is 0 Å². The van der Waals surface area contributed by atoms with Crippen molar-refractivity contribution in [2.24, 2.45) is 0 Å². The van der Waals surface area contributed by atoms with Gasteiger partial charge in [-0.15, -0.1) is 0 Å². The summed E-state index contributed by atoms with van der Waals surface area (Å²) in [5.74, 6) is 0.637. The van der Waals surface area contributed by atoms with Gasteiger partial charge in [-0.05, 0) is 49.2 Å². The number of para-hydroxylation sites is 2. The molecule has 1 aliphatic heterocycles. The molecule has 2 aromatic carbocycles. The molecular weight excluding hydrogens is 406 g/mol. The highest BCUT2D eigenvalue weighted by Gasteiger charge is 2.14. The molecule has 3 aromatic rings. The number of fused-ring (bicyclic) bond motifs is 4. The first-order valence-corrected chi connectivity index (χ1v) is 10.7. The van der Waals surface area contributed by atoms with Crippen molar-refractivity contribution in [2.45, 2.75) is 26.1 Å². The van der Waals surface area contributed by atoms with Crippen molar-refractivity contribution in [3.05, 3.63) is 89.2 Å². The van der Waals surface area contributed by atoms with Gasteiger partial charge >= 0.3 is 0 Å². The molecule has 32 heavy (non-hydrogen) atoms. The molecule has 2 amide bonds. The molecule has 2 bridgehead atoms. The molecule has 7 nitrogen and oxygen atoms in total. The average molecular weight is 431 g/mol. The molecule has 1 aliphatic rings. The highest BCUT2D eigenvalue weighted by molar-refractivity contribution is 5.97. The Balaban J connectivity index is 1.57. The Hall–Kier alpha value is -3.87. The van der Waals surface area contributed by atoms with Gasteiger partial charge in [-0.3, -0.25) is 14.6 Å². The molecule has 0 unspecified atom stereocenters. The monoisotopic (exact) mass is 431 g/mol. The van der Waals surface area contributed by atoms with E-state index in [0.29, 0.717) is 47.1 Å². The Labute approximate surface area is 186 Å². The molecule has 0 fully saturated rings. The van der Waals surface area contributed by atoms with Gasteiger partial charge in [-0.2, -0.15) is 0 Å². The molecule has 0 aliphatic carbocycles. The highest BCUT2D eigenvalue weighted by atomic mass is 16.5. The number of rotatable bonds is 0. The third-order valence-electron chi connectivity index (χ3n) is 5.05. The van der Waals surface area contributed by atoms with Crippen molar-refractivity contribution in [2.75, 3.05) is 13.1 Å². The van der Waals surface area contributed by atoms with E-state index in [0.717, 1.165) is 12.8 Å². The molecule has 0 saturated heterocycles. The summed E-state index contributed by atoms with van der Waals surface area (Å²) in [6.07, 6.45) is 1.48. The number of ether oxygens (including phenoxy) is 2. The van der Waals surface area contributed by atoms with Gasteiger partial charge in [0.1, 0.15) is 24.7 Å². The highest BCUT2D eigenvalue weighted by Crippen LogP contribution is 2.21. The van der Waals surface area contributed by atoms with Gasteiger partial charge < -0.3 is 20.1 Å². The first-order valence-electron chi connectivity index (χ1n) is 10.7. The largest absolute Gasteiger partial charge is 0.486 e. The van der Waals surface area contributed by atoms with Crippen molar-refractivity contribution >= 4 is 11.8 Å². The number of hydrogen-bond acceptors (Lipinski definition) is 5. The summed E-state index contributed by atoms with van der Waals surface area (Å²) in [6.45, 7) is 1.45. The number of nitrogens with one attached hydrogen (secondary N) is 2. The third kappa shape index (κ3) is 5.43. The summed E-state index contributed by atoms with van der Waals surface area (Å²) in [5.41, 5.74) is 2.39. The van der Waals surface area contributed by atoms with Crippen LogP contribution >= 0.6 is 0 Å². The Morgan fingerprint density at radius 1 is 0.625 bits per heavy atom. The van der Waals surface area contributed by atoms with Gasteiger partial charge in [0.05, 0.1) is 22.5 Å². The van der Waals surface area contributed by atoms with Gasteiger partial charge in [0.15, 0.2) is 0 Å². The summed E-state index contributed by atoms with van der Waals surface area (Å²) < 4.78 is 11.8. The summed E-state index contributed by atoms with van der Waals surface area (Å²) in [5, 5.41) is 5.84. The van der Waals surface area contributed by atoms with Crippen LogP contribution < -0.4 is 20.1 Å². The number of benzene rings is 2. The zero-order chi connectivity index (χ0) is 22.2. The van der Waals surface area contributed by atoms with E-state index in [1.165, 1.54) is 0 Å². The summed E-state index contributed by atoms with van der Waals surface area (Å²) in [7, 11) is 0. The smallest absolute Gasteiger partial charge is 0.255 e. The van der Waals surface area contributed by atoms with Crippen molar-refractivity contribution in [3.8, 4) is 11.5 Å². The lowest BCUT2D eigenvalue weighted by Gasteiger charge is -2.12. The molecule has 1 aromatic heterocycles. The second kappa shape index (κ2) is 10.4. The van der Waals surface area contributed by atoms with Crippen LogP contribution in [-0.2, 0) is 13.2 Å². The molecule has 7 heteroatoms. The van der Waals surface area contributed by atoms with Crippen molar-refractivity contribution < 1.29 is 19.1 Å². The Kier molecular flexibility index (Phi) is 6.97. The number of aromatic nitrogens is 1. The van der Waals surface area contributed by atoms with E-state index in [9.17, 15) is 9.59 Å². The van der Waals surface area contributed by atoms with Crippen molar-refractivity contribution in [3.63, 3.8) is 0 Å². The Morgan fingerprint density at radius 3 is 1.59 bits per heavy atom. The maximum absolute atomic E-state index is 12.6. The van der Waals surface area contributed by atoms with Crippen LogP contribution in [0.4, 0.5) is 0 Å². The zero-order valence-electron chi connectivity index (χ0n) is 17.7. The number of nitrogens with zero attached hydrogens (tertiary/aromatic N) is 1. The van der Waals surface area contributed by atoms with E-state index < -0.39 is 0 Å². The number of amides is 2. The van der Waals surface area contributed by atoms with E-state index in [2.05, 4.69) is 15.6 Å². The van der Waals surface area contributed by atoms with Gasteiger partial charge in [0.2, 0.25) is 0 Å². The first-order chi connectivity index (χ1) is 15.7. The van der Waals surface area contributed by atoms with E-state index >= 15 is 0 Å². The van der Waals surface area contributed by atoms with Crippen LogP contribution in [0.15, 0.2) is 66.7 Å². The van der Waals surface area contributed by atoms with Crippen LogP contribution in [0, 0.1) is 0 Å². The van der Waals surface area contributed by atoms with Crippen LogP contribution in [0.2, 0.25) is 0 Å². The van der Waals surface area contributed by atoms with Crippen LogP contribution in [0.3, 0.4) is 0 Å². The number of hydrogen-bond donors (Lipinski definition) is 2. The molecule has 0 atom stereocenters. The van der Waals surface area contributed by atoms with Gasteiger partial charge in [0.25, 0.3) is 11.8 Å². The predicted octanol–water partition coefficient (Wildman–Crippen LogP) is 3.49. The molecule has 2 N–H and O–H groups in total. The van der Waals surface area contributed by atoms with Gasteiger partial charge in [0, 0.05) is 13.1 Å². The van der Waals surface area contributed by atoms with E-state index in [-0.39, 0.29) is 25.0 Å². The molecule has 0 spiro atoms.